The third-order valence-electron chi connectivity index (χ3n) is 2.93. The van der Waals surface area contributed by atoms with Crippen LogP contribution >= 0.6 is 0 Å². The number of rotatable bonds is 2. The quantitative estimate of drug-likeness (QED) is 0.710. The Morgan fingerprint density at radius 3 is 2.62 bits per heavy atom. The summed E-state index contributed by atoms with van der Waals surface area (Å²) in [7, 11) is 0. The fourth-order valence-corrected chi connectivity index (χ4v) is 1.92. The van der Waals surface area contributed by atoms with E-state index < -0.39 is 11.9 Å². The summed E-state index contributed by atoms with van der Waals surface area (Å²) in [5.41, 5.74) is 0. The highest BCUT2D eigenvalue weighted by atomic mass is 16.4. The number of hydrogen-bond donors (Lipinski definition) is 1. The van der Waals surface area contributed by atoms with E-state index in [1.165, 1.54) is 0 Å². The van der Waals surface area contributed by atoms with Crippen molar-refractivity contribution in [1.82, 2.24) is 0 Å². The molecule has 1 aliphatic rings. The first-order chi connectivity index (χ1) is 6.02. The molecule has 3 nitrogen and oxygen atoms in total. The molecule has 0 radical (unpaired) electrons. The largest absolute Gasteiger partial charge is 0.481 e. The normalized spacial score (nSPS) is 31.4. The van der Waals surface area contributed by atoms with Gasteiger partial charge in [0, 0.05) is 12.3 Å². The lowest BCUT2D eigenvalue weighted by Crippen LogP contribution is -2.32. The predicted molar refractivity (Wildman–Crippen MR) is 48.3 cm³/mol. The van der Waals surface area contributed by atoms with Gasteiger partial charge in [0.15, 0.2) is 0 Å². The minimum absolute atomic E-state index is 0.133. The highest BCUT2D eigenvalue weighted by Gasteiger charge is 2.33. The minimum atomic E-state index is -0.854. The van der Waals surface area contributed by atoms with Crippen LogP contribution in [0.5, 0.6) is 0 Å². The van der Waals surface area contributed by atoms with Crippen molar-refractivity contribution < 1.29 is 14.7 Å². The first-order valence-electron chi connectivity index (χ1n) is 4.78. The standard InChI is InChI=1S/C10H16O3/c1-6-3-4-8(9(11)5-6)7(2)10(12)13/h6-8H,3-5H2,1-2H3,(H,12,13)/t6-,7-,8+/m0/s1. The Morgan fingerprint density at radius 1 is 1.54 bits per heavy atom. The molecule has 0 bridgehead atoms. The van der Waals surface area contributed by atoms with Crippen molar-refractivity contribution in [3.63, 3.8) is 0 Å². The van der Waals surface area contributed by atoms with Crippen molar-refractivity contribution in [2.24, 2.45) is 17.8 Å². The van der Waals surface area contributed by atoms with E-state index in [4.69, 9.17) is 5.11 Å². The van der Waals surface area contributed by atoms with Crippen molar-refractivity contribution in [3.05, 3.63) is 0 Å². The summed E-state index contributed by atoms with van der Waals surface area (Å²) in [6.45, 7) is 3.67. The van der Waals surface area contributed by atoms with Gasteiger partial charge in [-0.25, -0.2) is 0 Å². The first-order valence-corrected chi connectivity index (χ1v) is 4.78. The van der Waals surface area contributed by atoms with Gasteiger partial charge >= 0.3 is 5.97 Å². The van der Waals surface area contributed by atoms with Crippen molar-refractivity contribution >= 4 is 11.8 Å². The van der Waals surface area contributed by atoms with E-state index >= 15 is 0 Å². The van der Waals surface area contributed by atoms with Gasteiger partial charge in [-0.1, -0.05) is 13.8 Å². The number of carboxylic acid groups (broad SMARTS) is 1. The molecule has 0 aliphatic heterocycles. The summed E-state index contributed by atoms with van der Waals surface area (Å²) in [6.07, 6.45) is 2.28. The van der Waals surface area contributed by atoms with Gasteiger partial charge in [-0.05, 0) is 18.8 Å². The second kappa shape index (κ2) is 3.90. The molecule has 74 valence electrons. The lowest BCUT2D eigenvalue weighted by atomic mass is 9.76. The molecule has 0 aromatic heterocycles. The highest BCUT2D eigenvalue weighted by molar-refractivity contribution is 5.86. The van der Waals surface area contributed by atoms with Crippen LogP contribution in [0.2, 0.25) is 0 Å². The molecule has 1 saturated carbocycles. The van der Waals surface area contributed by atoms with Crippen LogP contribution in [0.3, 0.4) is 0 Å². The zero-order chi connectivity index (χ0) is 10.0. The summed E-state index contributed by atoms with van der Waals surface area (Å²) < 4.78 is 0. The number of aliphatic carboxylic acids is 1. The summed E-state index contributed by atoms with van der Waals surface area (Å²) >= 11 is 0. The van der Waals surface area contributed by atoms with Crippen LogP contribution < -0.4 is 0 Å². The Morgan fingerprint density at radius 2 is 2.15 bits per heavy atom. The van der Waals surface area contributed by atoms with Crippen molar-refractivity contribution in [3.8, 4) is 0 Å². The van der Waals surface area contributed by atoms with Gasteiger partial charge in [0.1, 0.15) is 5.78 Å². The Balaban J connectivity index is 2.61. The third-order valence-corrected chi connectivity index (χ3v) is 2.93. The molecule has 3 atom stereocenters. The monoisotopic (exact) mass is 184 g/mol. The molecular formula is C10H16O3. The van der Waals surface area contributed by atoms with E-state index in [9.17, 15) is 9.59 Å². The molecular weight excluding hydrogens is 168 g/mol. The number of carbonyl (C=O) groups is 2. The van der Waals surface area contributed by atoms with Gasteiger partial charge in [0.2, 0.25) is 0 Å². The molecule has 0 aromatic rings. The van der Waals surface area contributed by atoms with Crippen LogP contribution in [0, 0.1) is 17.8 Å². The average molecular weight is 184 g/mol. The van der Waals surface area contributed by atoms with Crippen LogP contribution in [-0.4, -0.2) is 16.9 Å². The van der Waals surface area contributed by atoms with Crippen LogP contribution in [0.15, 0.2) is 0 Å². The molecule has 0 spiro atoms. The second-order valence-electron chi connectivity index (χ2n) is 4.09. The van der Waals surface area contributed by atoms with E-state index in [0.29, 0.717) is 12.3 Å². The molecule has 3 heteroatoms. The van der Waals surface area contributed by atoms with Crippen molar-refractivity contribution in [1.29, 1.82) is 0 Å². The maximum Gasteiger partial charge on any atom is 0.306 e. The molecule has 1 aliphatic carbocycles. The summed E-state index contributed by atoms with van der Waals surface area (Å²) in [5, 5.41) is 8.77. The zero-order valence-electron chi connectivity index (χ0n) is 8.12. The lowest BCUT2D eigenvalue weighted by Gasteiger charge is -2.27. The molecule has 0 saturated heterocycles. The molecule has 0 unspecified atom stereocenters. The molecule has 0 amide bonds. The van der Waals surface area contributed by atoms with E-state index in [2.05, 4.69) is 0 Å². The van der Waals surface area contributed by atoms with Crippen LogP contribution in [0.4, 0.5) is 0 Å². The Kier molecular flexibility index (Phi) is 3.07. The third kappa shape index (κ3) is 2.29. The number of Topliss-reactive ketones (excluding diaryl/α,β-unsaturated/α-hetero) is 1. The molecule has 1 fully saturated rings. The Bertz CT molecular complexity index is 222. The van der Waals surface area contributed by atoms with Gasteiger partial charge < -0.3 is 5.11 Å². The number of carboxylic acids is 1. The topological polar surface area (TPSA) is 54.4 Å². The average Bonchev–Trinajstić information content (AvgIpc) is 2.03. The van der Waals surface area contributed by atoms with Gasteiger partial charge in [-0.2, -0.15) is 0 Å². The zero-order valence-corrected chi connectivity index (χ0v) is 8.12. The second-order valence-corrected chi connectivity index (χ2v) is 4.09. The highest BCUT2D eigenvalue weighted by Crippen LogP contribution is 2.30. The summed E-state index contributed by atoms with van der Waals surface area (Å²) in [5.74, 6) is -1.04. The maximum absolute atomic E-state index is 11.5. The van der Waals surface area contributed by atoms with Gasteiger partial charge in [0.25, 0.3) is 0 Å². The minimum Gasteiger partial charge on any atom is -0.481 e. The van der Waals surface area contributed by atoms with Gasteiger partial charge in [0.05, 0.1) is 5.92 Å². The summed E-state index contributed by atoms with van der Waals surface area (Å²) in [4.78, 5) is 22.2. The number of hydrogen-bond acceptors (Lipinski definition) is 2. The van der Waals surface area contributed by atoms with E-state index in [1.807, 2.05) is 6.92 Å². The van der Waals surface area contributed by atoms with Crippen LogP contribution in [0.25, 0.3) is 0 Å². The molecule has 0 aromatic carbocycles. The van der Waals surface area contributed by atoms with Crippen LogP contribution in [-0.2, 0) is 9.59 Å². The maximum atomic E-state index is 11.5. The van der Waals surface area contributed by atoms with E-state index in [0.717, 1.165) is 12.8 Å². The number of carbonyl (C=O) groups excluding carboxylic acids is 1. The van der Waals surface area contributed by atoms with Gasteiger partial charge in [-0.15, -0.1) is 0 Å². The summed E-state index contributed by atoms with van der Waals surface area (Å²) in [6, 6.07) is 0. The fourth-order valence-electron chi connectivity index (χ4n) is 1.92. The van der Waals surface area contributed by atoms with Crippen molar-refractivity contribution in [2.45, 2.75) is 33.1 Å². The predicted octanol–water partition coefficient (Wildman–Crippen LogP) is 1.71. The molecule has 1 N–H and O–H groups in total. The molecule has 1 rings (SSSR count). The molecule has 0 heterocycles. The molecule has 13 heavy (non-hydrogen) atoms. The smallest absolute Gasteiger partial charge is 0.306 e. The fraction of sp³-hybridized carbons (Fsp3) is 0.800. The van der Waals surface area contributed by atoms with Gasteiger partial charge in [-0.3, -0.25) is 9.59 Å². The Labute approximate surface area is 78.1 Å². The van der Waals surface area contributed by atoms with E-state index in [1.54, 1.807) is 6.92 Å². The first kappa shape index (κ1) is 10.2. The lowest BCUT2D eigenvalue weighted by molar-refractivity contribution is -0.147. The van der Waals surface area contributed by atoms with Crippen LogP contribution in [0.1, 0.15) is 33.1 Å². The van der Waals surface area contributed by atoms with E-state index in [-0.39, 0.29) is 11.7 Å². The number of ketones is 1. The Hall–Kier alpha value is -0.860. The van der Waals surface area contributed by atoms with Crippen molar-refractivity contribution in [2.75, 3.05) is 0 Å². The SMILES string of the molecule is C[C@H]1CC[C@H]([C@H](C)C(=O)O)C(=O)C1.